The SMILES string of the molecule is O=C(NCc1cccc(NC(=O)[C@@H]2CCCO2)c1)NCc1ccccc1F. The monoisotopic (exact) mass is 371 g/mol. The van der Waals surface area contributed by atoms with Crippen LogP contribution >= 0.6 is 0 Å². The molecule has 1 aliphatic heterocycles. The lowest BCUT2D eigenvalue weighted by atomic mass is 10.2. The van der Waals surface area contributed by atoms with E-state index in [1.807, 2.05) is 6.07 Å². The predicted octanol–water partition coefficient (Wildman–Crippen LogP) is 2.94. The van der Waals surface area contributed by atoms with Crippen molar-refractivity contribution in [2.24, 2.45) is 0 Å². The molecule has 2 aromatic rings. The number of nitrogens with one attached hydrogen (secondary N) is 3. The van der Waals surface area contributed by atoms with Gasteiger partial charge in [-0.1, -0.05) is 30.3 Å². The van der Waals surface area contributed by atoms with E-state index >= 15 is 0 Å². The van der Waals surface area contributed by atoms with Gasteiger partial charge in [0.15, 0.2) is 0 Å². The number of ether oxygens (including phenoxy) is 1. The highest BCUT2D eigenvalue weighted by atomic mass is 19.1. The van der Waals surface area contributed by atoms with Gasteiger partial charge in [-0.15, -0.1) is 0 Å². The second kappa shape index (κ2) is 9.14. The Kier molecular flexibility index (Phi) is 6.38. The molecule has 27 heavy (non-hydrogen) atoms. The number of hydrogen-bond acceptors (Lipinski definition) is 3. The molecule has 0 saturated carbocycles. The van der Waals surface area contributed by atoms with E-state index in [4.69, 9.17) is 4.74 Å². The van der Waals surface area contributed by atoms with Crippen molar-refractivity contribution in [2.75, 3.05) is 11.9 Å². The van der Waals surface area contributed by atoms with Gasteiger partial charge in [0.25, 0.3) is 5.91 Å². The molecule has 1 fully saturated rings. The molecule has 0 radical (unpaired) electrons. The molecule has 0 unspecified atom stereocenters. The van der Waals surface area contributed by atoms with E-state index in [2.05, 4.69) is 16.0 Å². The van der Waals surface area contributed by atoms with Gasteiger partial charge in [-0.2, -0.15) is 0 Å². The highest BCUT2D eigenvalue weighted by Crippen LogP contribution is 2.16. The number of rotatable bonds is 6. The minimum Gasteiger partial charge on any atom is -0.368 e. The van der Waals surface area contributed by atoms with Gasteiger partial charge in [-0.3, -0.25) is 4.79 Å². The molecule has 0 aliphatic carbocycles. The Labute approximate surface area is 157 Å². The van der Waals surface area contributed by atoms with Crippen LogP contribution < -0.4 is 16.0 Å². The fraction of sp³-hybridized carbons (Fsp3) is 0.300. The number of urea groups is 1. The molecular formula is C20H22FN3O3. The summed E-state index contributed by atoms with van der Waals surface area (Å²) in [5.41, 5.74) is 1.91. The lowest BCUT2D eigenvalue weighted by molar-refractivity contribution is -0.124. The van der Waals surface area contributed by atoms with Gasteiger partial charge in [0.1, 0.15) is 11.9 Å². The van der Waals surface area contributed by atoms with Crippen molar-refractivity contribution in [3.8, 4) is 0 Å². The number of anilines is 1. The summed E-state index contributed by atoms with van der Waals surface area (Å²) in [4.78, 5) is 24.0. The highest BCUT2D eigenvalue weighted by molar-refractivity contribution is 5.94. The van der Waals surface area contributed by atoms with Gasteiger partial charge in [0.2, 0.25) is 0 Å². The molecule has 3 N–H and O–H groups in total. The van der Waals surface area contributed by atoms with Crippen molar-refractivity contribution in [2.45, 2.75) is 32.0 Å². The quantitative estimate of drug-likeness (QED) is 0.730. The molecule has 142 valence electrons. The lowest BCUT2D eigenvalue weighted by Gasteiger charge is -2.12. The number of carbonyl (C=O) groups is 2. The van der Waals surface area contributed by atoms with Crippen molar-refractivity contribution < 1.29 is 18.7 Å². The molecule has 6 nitrogen and oxygen atoms in total. The van der Waals surface area contributed by atoms with Crippen LogP contribution in [0, 0.1) is 5.82 Å². The molecule has 1 atom stereocenters. The molecule has 3 rings (SSSR count). The molecule has 1 saturated heterocycles. The Bertz CT molecular complexity index is 807. The van der Waals surface area contributed by atoms with Crippen molar-refractivity contribution in [1.82, 2.24) is 10.6 Å². The van der Waals surface area contributed by atoms with Crippen LogP contribution in [0.3, 0.4) is 0 Å². The van der Waals surface area contributed by atoms with Crippen LogP contribution in [0.15, 0.2) is 48.5 Å². The van der Waals surface area contributed by atoms with Gasteiger partial charge in [0, 0.05) is 30.9 Å². The molecule has 0 spiro atoms. The fourth-order valence-electron chi connectivity index (χ4n) is 2.83. The first-order valence-electron chi connectivity index (χ1n) is 8.88. The highest BCUT2D eigenvalue weighted by Gasteiger charge is 2.23. The lowest BCUT2D eigenvalue weighted by Crippen LogP contribution is -2.34. The molecule has 7 heteroatoms. The van der Waals surface area contributed by atoms with Crippen LogP contribution in [0.5, 0.6) is 0 Å². The minimum absolute atomic E-state index is 0.107. The zero-order valence-corrected chi connectivity index (χ0v) is 14.8. The molecule has 1 heterocycles. The Morgan fingerprint density at radius 3 is 2.67 bits per heavy atom. The smallest absolute Gasteiger partial charge is 0.315 e. The van der Waals surface area contributed by atoms with Crippen molar-refractivity contribution in [3.63, 3.8) is 0 Å². The topological polar surface area (TPSA) is 79.5 Å². The Morgan fingerprint density at radius 2 is 1.89 bits per heavy atom. The van der Waals surface area contributed by atoms with Gasteiger partial charge in [0.05, 0.1) is 0 Å². The van der Waals surface area contributed by atoms with E-state index in [0.717, 1.165) is 18.4 Å². The zero-order valence-electron chi connectivity index (χ0n) is 14.8. The van der Waals surface area contributed by atoms with Crippen molar-refractivity contribution >= 4 is 17.6 Å². The number of amides is 3. The molecule has 2 aromatic carbocycles. The third-order valence-electron chi connectivity index (χ3n) is 4.27. The summed E-state index contributed by atoms with van der Waals surface area (Å²) in [6.07, 6.45) is 1.23. The van der Waals surface area contributed by atoms with Crippen LogP contribution in [0.1, 0.15) is 24.0 Å². The maximum Gasteiger partial charge on any atom is 0.315 e. The third kappa shape index (κ3) is 5.52. The van der Waals surface area contributed by atoms with Crippen molar-refractivity contribution in [1.29, 1.82) is 0 Å². The Balaban J connectivity index is 1.47. The van der Waals surface area contributed by atoms with Gasteiger partial charge in [-0.05, 0) is 36.6 Å². The maximum atomic E-state index is 13.5. The first-order chi connectivity index (χ1) is 13.1. The predicted molar refractivity (Wildman–Crippen MR) is 99.5 cm³/mol. The average molecular weight is 371 g/mol. The van der Waals surface area contributed by atoms with Crippen LogP contribution in [0.25, 0.3) is 0 Å². The molecule has 3 amide bonds. The van der Waals surface area contributed by atoms with Gasteiger partial charge < -0.3 is 20.7 Å². The van der Waals surface area contributed by atoms with Crippen LogP contribution in [-0.4, -0.2) is 24.6 Å². The standard InChI is InChI=1S/C20H22FN3O3/c21-17-8-2-1-6-15(17)13-23-20(26)22-12-14-5-3-7-16(11-14)24-19(25)18-9-4-10-27-18/h1-3,5-8,11,18H,4,9-10,12-13H2,(H,24,25)(H2,22,23,26)/t18-/m0/s1. The van der Waals surface area contributed by atoms with E-state index in [0.29, 0.717) is 17.9 Å². The third-order valence-corrected chi connectivity index (χ3v) is 4.27. The second-order valence-corrected chi connectivity index (χ2v) is 6.32. The summed E-state index contributed by atoms with van der Waals surface area (Å²) >= 11 is 0. The Hall–Kier alpha value is -2.93. The average Bonchev–Trinajstić information content (AvgIpc) is 3.21. The van der Waals surface area contributed by atoms with Crippen LogP contribution in [0.4, 0.5) is 14.9 Å². The summed E-state index contributed by atoms with van der Waals surface area (Å²) in [7, 11) is 0. The van der Waals surface area contributed by atoms with E-state index < -0.39 is 12.1 Å². The normalized spacial score (nSPS) is 16.0. The zero-order chi connectivity index (χ0) is 19.1. The van der Waals surface area contributed by atoms with E-state index in [9.17, 15) is 14.0 Å². The van der Waals surface area contributed by atoms with E-state index in [-0.39, 0.29) is 24.8 Å². The van der Waals surface area contributed by atoms with Crippen LogP contribution in [-0.2, 0) is 22.6 Å². The fourth-order valence-corrected chi connectivity index (χ4v) is 2.83. The van der Waals surface area contributed by atoms with Gasteiger partial charge >= 0.3 is 6.03 Å². The first kappa shape index (κ1) is 18.8. The molecule has 1 aliphatic rings. The van der Waals surface area contributed by atoms with Gasteiger partial charge in [-0.25, -0.2) is 9.18 Å². The Morgan fingerprint density at radius 1 is 1.07 bits per heavy atom. The number of carbonyl (C=O) groups excluding carboxylic acids is 2. The van der Waals surface area contributed by atoms with Crippen molar-refractivity contribution in [3.05, 3.63) is 65.5 Å². The molecule has 0 bridgehead atoms. The summed E-state index contributed by atoms with van der Waals surface area (Å²) in [5, 5.41) is 8.16. The van der Waals surface area contributed by atoms with E-state index in [1.165, 1.54) is 6.07 Å². The minimum atomic E-state index is -0.396. The second-order valence-electron chi connectivity index (χ2n) is 6.32. The summed E-state index contributed by atoms with van der Waals surface area (Å²) in [6, 6.07) is 13.1. The number of halogens is 1. The number of benzene rings is 2. The van der Waals surface area contributed by atoms with E-state index in [1.54, 1.807) is 36.4 Å². The largest absolute Gasteiger partial charge is 0.368 e. The summed E-state index contributed by atoms with van der Waals surface area (Å²) in [5.74, 6) is -0.507. The first-order valence-corrected chi connectivity index (χ1v) is 8.88. The molecule has 0 aromatic heterocycles. The summed E-state index contributed by atoms with van der Waals surface area (Å²) < 4.78 is 18.9. The molecular weight excluding hydrogens is 349 g/mol. The van der Waals surface area contributed by atoms with Crippen LogP contribution in [0.2, 0.25) is 0 Å². The maximum absolute atomic E-state index is 13.5. The number of hydrogen-bond donors (Lipinski definition) is 3. The summed E-state index contributed by atoms with van der Waals surface area (Å²) in [6.45, 7) is 1.01.